The van der Waals surface area contributed by atoms with Crippen LogP contribution >= 0.6 is 0 Å². The molecule has 2 aliphatic rings. The summed E-state index contributed by atoms with van der Waals surface area (Å²) in [6, 6.07) is 0. The minimum atomic E-state index is -0.700. The van der Waals surface area contributed by atoms with Gasteiger partial charge in [0.15, 0.2) is 5.96 Å². The van der Waals surface area contributed by atoms with Crippen molar-refractivity contribution in [3.8, 4) is 0 Å². The predicted molar refractivity (Wildman–Crippen MR) is 95.5 cm³/mol. The number of hydrogen-bond donors (Lipinski definition) is 3. The maximum Gasteiger partial charge on any atom is 0.191 e. The molecule has 0 aliphatic carbocycles. The SMILES string of the molecule is CCNC(=NCC(C)(C)N1CCOCC1)NCC1(O)CCOCC1. The first-order valence-corrected chi connectivity index (χ1v) is 9.10. The summed E-state index contributed by atoms with van der Waals surface area (Å²) in [7, 11) is 0. The number of ether oxygens (including phenoxy) is 2. The molecule has 0 unspecified atom stereocenters. The van der Waals surface area contributed by atoms with Gasteiger partial charge in [0.2, 0.25) is 0 Å². The molecule has 2 saturated heterocycles. The number of nitrogens with zero attached hydrogens (tertiary/aromatic N) is 2. The van der Waals surface area contributed by atoms with Crippen LogP contribution in [0.4, 0.5) is 0 Å². The Morgan fingerprint density at radius 1 is 1.12 bits per heavy atom. The van der Waals surface area contributed by atoms with Crippen molar-refractivity contribution in [2.45, 2.75) is 44.8 Å². The molecule has 3 N–H and O–H groups in total. The van der Waals surface area contributed by atoms with Gasteiger partial charge in [0.1, 0.15) is 0 Å². The fourth-order valence-electron chi connectivity index (χ4n) is 3.06. The highest BCUT2D eigenvalue weighted by Gasteiger charge is 2.30. The van der Waals surface area contributed by atoms with Crippen molar-refractivity contribution in [1.29, 1.82) is 0 Å². The second-order valence-electron chi connectivity index (χ2n) is 7.30. The third-order valence-electron chi connectivity index (χ3n) is 4.84. The lowest BCUT2D eigenvalue weighted by molar-refractivity contribution is -0.0594. The molecule has 0 aromatic carbocycles. The first kappa shape index (κ1) is 19.4. The van der Waals surface area contributed by atoms with Crippen molar-refractivity contribution in [1.82, 2.24) is 15.5 Å². The quantitative estimate of drug-likeness (QED) is 0.473. The van der Waals surface area contributed by atoms with E-state index in [1.807, 2.05) is 6.92 Å². The monoisotopic (exact) mass is 342 g/mol. The Kier molecular flexibility index (Phi) is 7.28. The summed E-state index contributed by atoms with van der Waals surface area (Å²) in [6.45, 7) is 13.2. The average Bonchev–Trinajstić information content (AvgIpc) is 2.59. The van der Waals surface area contributed by atoms with E-state index in [0.717, 1.165) is 38.8 Å². The highest BCUT2D eigenvalue weighted by atomic mass is 16.5. The normalized spacial score (nSPS) is 23.1. The van der Waals surface area contributed by atoms with Crippen LogP contribution in [0, 0.1) is 0 Å². The van der Waals surface area contributed by atoms with Gasteiger partial charge in [-0.2, -0.15) is 0 Å². The van der Waals surface area contributed by atoms with Crippen molar-refractivity contribution < 1.29 is 14.6 Å². The van der Waals surface area contributed by atoms with Crippen molar-refractivity contribution in [3.63, 3.8) is 0 Å². The van der Waals surface area contributed by atoms with Crippen LogP contribution in [-0.2, 0) is 9.47 Å². The van der Waals surface area contributed by atoms with E-state index in [2.05, 4.69) is 29.4 Å². The van der Waals surface area contributed by atoms with E-state index in [1.165, 1.54) is 0 Å². The number of hydrogen-bond acceptors (Lipinski definition) is 5. The topological polar surface area (TPSA) is 78.4 Å². The van der Waals surface area contributed by atoms with Crippen LogP contribution < -0.4 is 10.6 Å². The van der Waals surface area contributed by atoms with Crippen LogP contribution in [0.25, 0.3) is 0 Å². The zero-order chi connectivity index (χ0) is 17.5. The molecular weight excluding hydrogens is 308 g/mol. The van der Waals surface area contributed by atoms with E-state index in [9.17, 15) is 5.11 Å². The van der Waals surface area contributed by atoms with Gasteiger partial charge in [-0.05, 0) is 20.8 Å². The van der Waals surface area contributed by atoms with Gasteiger partial charge in [0.25, 0.3) is 0 Å². The summed E-state index contributed by atoms with van der Waals surface area (Å²) in [5.41, 5.74) is -0.712. The Balaban J connectivity index is 1.89. The van der Waals surface area contributed by atoms with Crippen molar-refractivity contribution in [2.24, 2.45) is 4.99 Å². The van der Waals surface area contributed by atoms with E-state index < -0.39 is 5.60 Å². The maximum atomic E-state index is 10.6. The minimum Gasteiger partial charge on any atom is -0.388 e. The summed E-state index contributed by atoms with van der Waals surface area (Å²) < 4.78 is 10.8. The van der Waals surface area contributed by atoms with E-state index >= 15 is 0 Å². The molecule has 0 radical (unpaired) electrons. The largest absolute Gasteiger partial charge is 0.388 e. The second-order valence-corrected chi connectivity index (χ2v) is 7.30. The number of aliphatic imine (C=N–C) groups is 1. The molecular formula is C17H34N4O3. The molecule has 0 amide bonds. The molecule has 7 heteroatoms. The third kappa shape index (κ3) is 5.88. The zero-order valence-electron chi connectivity index (χ0n) is 15.4. The predicted octanol–water partition coefficient (Wildman–Crippen LogP) is 0.194. The third-order valence-corrected chi connectivity index (χ3v) is 4.84. The summed E-state index contributed by atoms with van der Waals surface area (Å²) in [5, 5.41) is 17.1. The molecule has 2 rings (SSSR count). The summed E-state index contributed by atoms with van der Waals surface area (Å²) in [5.74, 6) is 0.763. The molecule has 24 heavy (non-hydrogen) atoms. The van der Waals surface area contributed by atoms with E-state index in [4.69, 9.17) is 14.5 Å². The number of aliphatic hydroxyl groups is 1. The van der Waals surface area contributed by atoms with Gasteiger partial charge in [-0.1, -0.05) is 0 Å². The Labute approximate surface area is 145 Å². The maximum absolute atomic E-state index is 10.6. The fraction of sp³-hybridized carbons (Fsp3) is 0.941. The molecule has 7 nitrogen and oxygen atoms in total. The lowest BCUT2D eigenvalue weighted by atomic mass is 9.94. The lowest BCUT2D eigenvalue weighted by Crippen LogP contribution is -2.53. The molecule has 2 heterocycles. The van der Waals surface area contributed by atoms with Gasteiger partial charge < -0.3 is 25.2 Å². The van der Waals surface area contributed by atoms with Crippen molar-refractivity contribution in [2.75, 3.05) is 59.2 Å². The highest BCUT2D eigenvalue weighted by Crippen LogP contribution is 2.19. The van der Waals surface area contributed by atoms with Gasteiger partial charge in [-0.25, -0.2) is 0 Å². The lowest BCUT2D eigenvalue weighted by Gasteiger charge is -2.40. The van der Waals surface area contributed by atoms with Crippen LogP contribution in [0.1, 0.15) is 33.6 Å². The van der Waals surface area contributed by atoms with Crippen LogP contribution in [0.5, 0.6) is 0 Å². The Bertz CT molecular complexity index is 403. The highest BCUT2D eigenvalue weighted by molar-refractivity contribution is 5.79. The molecule has 2 fully saturated rings. The zero-order valence-corrected chi connectivity index (χ0v) is 15.4. The molecule has 2 aliphatic heterocycles. The molecule has 0 aromatic heterocycles. The number of rotatable bonds is 6. The standard InChI is InChI=1S/C17H34N4O3/c1-4-18-15(20-14-17(22)5-9-23-10-6-17)19-13-16(2,3)21-7-11-24-12-8-21/h22H,4-14H2,1-3H3,(H2,18,19,20). The Morgan fingerprint density at radius 3 is 2.38 bits per heavy atom. The van der Waals surface area contributed by atoms with Crippen LogP contribution in [-0.4, -0.2) is 86.3 Å². The average molecular weight is 342 g/mol. The molecule has 0 atom stereocenters. The van der Waals surface area contributed by atoms with Crippen molar-refractivity contribution in [3.05, 3.63) is 0 Å². The first-order valence-electron chi connectivity index (χ1n) is 9.10. The number of guanidine groups is 1. The van der Waals surface area contributed by atoms with Gasteiger partial charge in [0, 0.05) is 57.8 Å². The van der Waals surface area contributed by atoms with Gasteiger partial charge in [0.05, 0.1) is 25.4 Å². The molecule has 0 aromatic rings. The van der Waals surface area contributed by atoms with Crippen LogP contribution in [0.3, 0.4) is 0 Å². The fourth-order valence-corrected chi connectivity index (χ4v) is 3.06. The molecule has 140 valence electrons. The summed E-state index contributed by atoms with van der Waals surface area (Å²) in [6.07, 6.45) is 1.33. The van der Waals surface area contributed by atoms with Crippen molar-refractivity contribution >= 4 is 5.96 Å². The van der Waals surface area contributed by atoms with E-state index in [1.54, 1.807) is 0 Å². The number of nitrogens with one attached hydrogen (secondary N) is 2. The second kappa shape index (κ2) is 8.99. The Morgan fingerprint density at radius 2 is 1.75 bits per heavy atom. The Hall–Kier alpha value is -0.890. The van der Waals surface area contributed by atoms with Gasteiger partial charge in [-0.3, -0.25) is 9.89 Å². The summed E-state index contributed by atoms with van der Waals surface area (Å²) in [4.78, 5) is 7.17. The van der Waals surface area contributed by atoms with E-state index in [-0.39, 0.29) is 5.54 Å². The van der Waals surface area contributed by atoms with E-state index in [0.29, 0.717) is 39.1 Å². The molecule has 0 bridgehead atoms. The smallest absolute Gasteiger partial charge is 0.191 e. The van der Waals surface area contributed by atoms with Crippen LogP contribution in [0.2, 0.25) is 0 Å². The first-order chi connectivity index (χ1) is 11.5. The minimum absolute atomic E-state index is 0.0122. The summed E-state index contributed by atoms with van der Waals surface area (Å²) >= 11 is 0. The molecule has 0 spiro atoms. The van der Waals surface area contributed by atoms with Gasteiger partial charge >= 0.3 is 0 Å². The van der Waals surface area contributed by atoms with Gasteiger partial charge in [-0.15, -0.1) is 0 Å². The van der Waals surface area contributed by atoms with Crippen LogP contribution in [0.15, 0.2) is 4.99 Å². The molecule has 0 saturated carbocycles. The number of morpholine rings is 1.